The molecule has 84 valence electrons. The van der Waals surface area contributed by atoms with Crippen LogP contribution in [0, 0.1) is 6.57 Å². The standard InChI is InChI=1S/C13H15NO2/c1-14-12(11-5-3-2-4-6-11)13(15)7-9-16-10-8-13/h2-6,12,15H,7-10H2. The van der Waals surface area contributed by atoms with Gasteiger partial charge in [-0.25, -0.2) is 6.57 Å². The van der Waals surface area contributed by atoms with Crippen molar-refractivity contribution in [2.45, 2.75) is 24.5 Å². The summed E-state index contributed by atoms with van der Waals surface area (Å²) in [5, 5.41) is 10.5. The van der Waals surface area contributed by atoms with E-state index in [1.54, 1.807) is 0 Å². The Labute approximate surface area is 95.5 Å². The SMILES string of the molecule is [C-]#[N+]C(c1ccccc1)C1(O)CCOCC1. The Bertz CT molecular complexity index is 377. The molecule has 0 aromatic heterocycles. The van der Waals surface area contributed by atoms with Crippen LogP contribution in [0.15, 0.2) is 30.3 Å². The molecule has 1 aliphatic rings. The van der Waals surface area contributed by atoms with Crippen LogP contribution in [0.2, 0.25) is 0 Å². The summed E-state index contributed by atoms with van der Waals surface area (Å²) < 4.78 is 5.23. The van der Waals surface area contributed by atoms with E-state index in [2.05, 4.69) is 4.85 Å². The van der Waals surface area contributed by atoms with Gasteiger partial charge in [-0.1, -0.05) is 30.3 Å². The van der Waals surface area contributed by atoms with Gasteiger partial charge >= 0.3 is 0 Å². The summed E-state index contributed by atoms with van der Waals surface area (Å²) in [5.41, 5.74) is -0.0386. The van der Waals surface area contributed by atoms with Crippen molar-refractivity contribution in [3.63, 3.8) is 0 Å². The van der Waals surface area contributed by atoms with Crippen molar-refractivity contribution < 1.29 is 9.84 Å². The molecule has 1 heterocycles. The van der Waals surface area contributed by atoms with E-state index in [4.69, 9.17) is 11.3 Å². The molecule has 1 aromatic carbocycles. The molecule has 1 unspecified atom stereocenters. The van der Waals surface area contributed by atoms with Crippen LogP contribution in [0.5, 0.6) is 0 Å². The van der Waals surface area contributed by atoms with Gasteiger partial charge < -0.3 is 14.7 Å². The van der Waals surface area contributed by atoms with Crippen molar-refractivity contribution in [1.29, 1.82) is 0 Å². The molecule has 2 rings (SSSR count). The lowest BCUT2D eigenvalue weighted by molar-refractivity contribution is -0.0720. The lowest BCUT2D eigenvalue weighted by atomic mass is 9.83. The molecule has 1 fully saturated rings. The van der Waals surface area contributed by atoms with E-state index in [0.717, 1.165) is 5.56 Å². The van der Waals surface area contributed by atoms with Gasteiger partial charge in [-0.2, -0.15) is 0 Å². The number of benzene rings is 1. The molecular formula is C13H15NO2. The van der Waals surface area contributed by atoms with Crippen molar-refractivity contribution >= 4 is 0 Å². The number of ether oxygens (including phenoxy) is 1. The Kier molecular flexibility index (Phi) is 3.23. The molecule has 1 atom stereocenters. The quantitative estimate of drug-likeness (QED) is 0.770. The third-order valence-electron chi connectivity index (χ3n) is 3.11. The van der Waals surface area contributed by atoms with E-state index in [1.165, 1.54) is 0 Å². The van der Waals surface area contributed by atoms with E-state index in [9.17, 15) is 5.11 Å². The first kappa shape index (κ1) is 11.1. The first-order chi connectivity index (χ1) is 7.76. The summed E-state index contributed by atoms with van der Waals surface area (Å²) in [6.07, 6.45) is 1.07. The number of nitrogens with zero attached hydrogens (tertiary/aromatic N) is 1. The number of rotatable bonds is 2. The molecule has 16 heavy (non-hydrogen) atoms. The molecule has 1 saturated heterocycles. The lowest BCUT2D eigenvalue weighted by Crippen LogP contribution is -2.40. The maximum atomic E-state index is 10.5. The molecule has 0 radical (unpaired) electrons. The molecule has 3 heteroatoms. The monoisotopic (exact) mass is 217 g/mol. The second kappa shape index (κ2) is 4.65. The van der Waals surface area contributed by atoms with Crippen molar-refractivity contribution in [1.82, 2.24) is 0 Å². The van der Waals surface area contributed by atoms with Crippen LogP contribution in [0.25, 0.3) is 4.85 Å². The van der Waals surface area contributed by atoms with Crippen molar-refractivity contribution in [2.24, 2.45) is 0 Å². The maximum Gasteiger partial charge on any atom is 0.276 e. The highest BCUT2D eigenvalue weighted by Gasteiger charge is 2.44. The van der Waals surface area contributed by atoms with Gasteiger partial charge in [-0.05, 0) is 0 Å². The maximum absolute atomic E-state index is 10.5. The highest BCUT2D eigenvalue weighted by Crippen LogP contribution is 2.37. The number of hydrogen-bond donors (Lipinski definition) is 1. The summed E-state index contributed by atoms with van der Waals surface area (Å²) in [5.74, 6) is 0. The van der Waals surface area contributed by atoms with Gasteiger partial charge in [-0.15, -0.1) is 0 Å². The molecule has 1 aliphatic heterocycles. The summed E-state index contributed by atoms with van der Waals surface area (Å²) >= 11 is 0. The number of hydrogen-bond acceptors (Lipinski definition) is 2. The van der Waals surface area contributed by atoms with Crippen molar-refractivity contribution in [3.8, 4) is 0 Å². The predicted octanol–water partition coefficient (Wildman–Crippen LogP) is 2.19. The smallest absolute Gasteiger partial charge is 0.276 e. The van der Waals surface area contributed by atoms with Gasteiger partial charge in [-0.3, -0.25) is 0 Å². The minimum atomic E-state index is -0.929. The topological polar surface area (TPSA) is 33.8 Å². The average Bonchev–Trinajstić information content (AvgIpc) is 2.32. The fourth-order valence-corrected chi connectivity index (χ4v) is 2.14. The minimum absolute atomic E-state index is 0.474. The largest absolute Gasteiger partial charge is 0.381 e. The number of aliphatic hydroxyl groups is 1. The van der Waals surface area contributed by atoms with Crippen LogP contribution < -0.4 is 0 Å². The van der Waals surface area contributed by atoms with Gasteiger partial charge in [0.2, 0.25) is 0 Å². The molecule has 0 aliphatic carbocycles. The molecule has 0 spiro atoms. The van der Waals surface area contributed by atoms with E-state index in [0.29, 0.717) is 26.1 Å². The third-order valence-corrected chi connectivity index (χ3v) is 3.11. The second-order valence-corrected chi connectivity index (χ2v) is 4.16. The van der Waals surface area contributed by atoms with Crippen LogP contribution >= 0.6 is 0 Å². The molecule has 1 aromatic rings. The fraction of sp³-hybridized carbons (Fsp3) is 0.462. The third kappa shape index (κ3) is 2.08. The molecule has 0 bridgehead atoms. The summed E-state index contributed by atoms with van der Waals surface area (Å²) in [4.78, 5) is 3.60. The summed E-state index contributed by atoms with van der Waals surface area (Å²) in [6, 6.07) is 9.04. The zero-order valence-corrected chi connectivity index (χ0v) is 9.10. The lowest BCUT2D eigenvalue weighted by Gasteiger charge is -2.32. The molecule has 0 amide bonds. The van der Waals surface area contributed by atoms with Crippen LogP contribution in [0.4, 0.5) is 0 Å². The van der Waals surface area contributed by atoms with Crippen LogP contribution in [-0.4, -0.2) is 23.9 Å². The Morgan fingerprint density at radius 3 is 2.44 bits per heavy atom. The Hall–Kier alpha value is -1.37. The molecule has 1 N–H and O–H groups in total. The van der Waals surface area contributed by atoms with Crippen LogP contribution in [-0.2, 0) is 4.74 Å². The van der Waals surface area contributed by atoms with Gasteiger partial charge in [0.25, 0.3) is 6.04 Å². The Morgan fingerprint density at radius 1 is 1.25 bits per heavy atom. The zero-order valence-electron chi connectivity index (χ0n) is 9.10. The first-order valence-corrected chi connectivity index (χ1v) is 5.48. The predicted molar refractivity (Wildman–Crippen MR) is 60.8 cm³/mol. The highest BCUT2D eigenvalue weighted by atomic mass is 16.5. The average molecular weight is 217 g/mol. The van der Waals surface area contributed by atoms with E-state index < -0.39 is 11.6 Å². The Balaban J connectivity index is 2.26. The van der Waals surface area contributed by atoms with E-state index in [-0.39, 0.29) is 0 Å². The second-order valence-electron chi connectivity index (χ2n) is 4.16. The minimum Gasteiger partial charge on any atom is -0.381 e. The van der Waals surface area contributed by atoms with Crippen molar-refractivity contribution in [3.05, 3.63) is 47.3 Å². The normalized spacial score (nSPS) is 21.0. The van der Waals surface area contributed by atoms with Gasteiger partial charge in [0.15, 0.2) is 0 Å². The highest BCUT2D eigenvalue weighted by molar-refractivity contribution is 5.25. The Morgan fingerprint density at radius 2 is 1.88 bits per heavy atom. The van der Waals surface area contributed by atoms with Crippen LogP contribution in [0.1, 0.15) is 24.4 Å². The van der Waals surface area contributed by atoms with Gasteiger partial charge in [0, 0.05) is 31.6 Å². The zero-order chi connectivity index (χ0) is 11.4. The van der Waals surface area contributed by atoms with Gasteiger partial charge in [0.05, 0.1) is 0 Å². The van der Waals surface area contributed by atoms with Crippen molar-refractivity contribution in [2.75, 3.05) is 13.2 Å². The molecular weight excluding hydrogens is 202 g/mol. The van der Waals surface area contributed by atoms with Crippen LogP contribution in [0.3, 0.4) is 0 Å². The molecule has 0 saturated carbocycles. The first-order valence-electron chi connectivity index (χ1n) is 5.48. The van der Waals surface area contributed by atoms with E-state index >= 15 is 0 Å². The van der Waals surface area contributed by atoms with Gasteiger partial charge in [0.1, 0.15) is 5.60 Å². The van der Waals surface area contributed by atoms with E-state index in [1.807, 2.05) is 30.3 Å². The molecule has 3 nitrogen and oxygen atoms in total. The summed E-state index contributed by atoms with van der Waals surface area (Å²) in [6.45, 7) is 8.36. The summed E-state index contributed by atoms with van der Waals surface area (Å²) in [7, 11) is 0. The fourth-order valence-electron chi connectivity index (χ4n) is 2.14.